The average Bonchev–Trinajstić information content (AvgIpc) is 3.05. The molecule has 11 nitrogen and oxygen atoms in total. The molecule has 0 aromatic heterocycles. The molecule has 0 radical (unpaired) electrons. The van der Waals surface area contributed by atoms with Crippen LogP contribution >= 0.6 is 11.8 Å². The molecular formula is C38H64N2O9S2. The first-order chi connectivity index (χ1) is 23.9. The number of carboxylic acid groups (broad SMARTS) is 1. The molecule has 2 rings (SSSR count). The predicted octanol–water partition coefficient (Wildman–Crippen LogP) is 7.21. The normalized spacial score (nSPS) is 18.6. The van der Waals surface area contributed by atoms with E-state index in [1.807, 2.05) is 20.8 Å². The topological polar surface area (TPSA) is 174 Å². The number of aliphatic carboxylic acids is 1. The first kappa shape index (κ1) is 45.0. The summed E-state index contributed by atoms with van der Waals surface area (Å²) in [6.45, 7) is 17.1. The zero-order chi connectivity index (χ0) is 38.3. The van der Waals surface area contributed by atoms with Gasteiger partial charge >= 0.3 is 23.3 Å². The van der Waals surface area contributed by atoms with Crippen molar-refractivity contribution in [2.75, 3.05) is 18.9 Å². The number of thioether (sulfide) groups is 1. The summed E-state index contributed by atoms with van der Waals surface area (Å²) in [5, 5.41) is 10.7. The maximum atomic E-state index is 13.5. The van der Waals surface area contributed by atoms with Crippen LogP contribution < -0.4 is 20.5 Å². The fourth-order valence-electron chi connectivity index (χ4n) is 6.62. The maximum Gasteiger partial charge on any atom is 0.324 e. The monoisotopic (exact) mass is 756 g/mol. The number of nitrogens with one attached hydrogen (secondary N) is 1. The molecule has 0 saturated carbocycles. The van der Waals surface area contributed by atoms with Gasteiger partial charge in [-0.1, -0.05) is 72.6 Å². The third kappa shape index (κ3) is 15.8. The Morgan fingerprint density at radius 2 is 1.59 bits per heavy atom. The molecule has 0 fully saturated rings. The van der Waals surface area contributed by atoms with Crippen molar-refractivity contribution in [2.45, 2.75) is 149 Å². The van der Waals surface area contributed by atoms with Crippen molar-refractivity contribution in [1.29, 1.82) is 0 Å². The lowest BCUT2D eigenvalue weighted by Gasteiger charge is -2.38. The fraction of sp³-hybridized carbons (Fsp3) is 0.763. The van der Waals surface area contributed by atoms with Crippen LogP contribution in [0.25, 0.3) is 0 Å². The number of carbonyl (C=O) groups excluding carboxylic acids is 2. The van der Waals surface area contributed by atoms with Crippen LogP contribution in [-0.4, -0.2) is 67.5 Å². The largest absolute Gasteiger partial charge is 0.487 e. The molecule has 6 atom stereocenters. The third-order valence-corrected chi connectivity index (χ3v) is 11.8. The second kappa shape index (κ2) is 22.1. The number of ether oxygens (including phenoxy) is 2. The van der Waals surface area contributed by atoms with E-state index in [0.29, 0.717) is 11.7 Å². The summed E-state index contributed by atoms with van der Waals surface area (Å²) in [6.07, 6.45) is 12.5. The summed E-state index contributed by atoms with van der Waals surface area (Å²) < 4.78 is 36.6. The SMILES string of the molecule is Cc1c(C)c2c(c(C)c1OC(=O)C(CC(=O)NCCOS(=O)O)SCC(N)C(=O)O)CCC(C)(CCCC(C)CCCC(C)CCCC(C)C)O2. The second-order valence-electron chi connectivity index (χ2n) is 15.2. The van der Waals surface area contributed by atoms with Gasteiger partial charge in [-0.2, -0.15) is 4.21 Å². The number of nitrogens with two attached hydrogens (primary N) is 1. The molecule has 6 unspecified atom stereocenters. The predicted molar refractivity (Wildman–Crippen MR) is 205 cm³/mol. The van der Waals surface area contributed by atoms with Gasteiger partial charge in [0.1, 0.15) is 28.4 Å². The molecule has 1 aromatic rings. The molecule has 1 aliphatic rings. The molecular weight excluding hydrogens is 693 g/mol. The summed E-state index contributed by atoms with van der Waals surface area (Å²) in [4.78, 5) is 37.5. The zero-order valence-electron chi connectivity index (χ0n) is 32.1. The number of hydrogen-bond donors (Lipinski definition) is 4. The van der Waals surface area contributed by atoms with E-state index in [0.717, 1.165) is 77.3 Å². The summed E-state index contributed by atoms with van der Waals surface area (Å²) >= 11 is -1.53. The molecule has 1 aliphatic heterocycles. The summed E-state index contributed by atoms with van der Waals surface area (Å²) in [5.41, 5.74) is 8.87. The number of amides is 1. The van der Waals surface area contributed by atoms with Crippen molar-refractivity contribution in [3.05, 3.63) is 22.3 Å². The van der Waals surface area contributed by atoms with E-state index < -0.39 is 40.5 Å². The Morgan fingerprint density at radius 3 is 2.18 bits per heavy atom. The Kier molecular flexibility index (Phi) is 19.5. The Morgan fingerprint density at radius 1 is 0.980 bits per heavy atom. The fourth-order valence-corrected chi connectivity index (χ4v) is 7.89. The first-order valence-electron chi connectivity index (χ1n) is 18.6. The van der Waals surface area contributed by atoms with Crippen molar-refractivity contribution in [3.63, 3.8) is 0 Å². The molecule has 292 valence electrons. The Bertz CT molecular complexity index is 1320. The van der Waals surface area contributed by atoms with Crippen molar-refractivity contribution in [3.8, 4) is 11.5 Å². The van der Waals surface area contributed by atoms with Crippen molar-refractivity contribution < 1.29 is 41.9 Å². The number of fused-ring (bicyclic) bond motifs is 1. The van der Waals surface area contributed by atoms with Crippen LogP contribution in [0, 0.1) is 38.5 Å². The molecule has 51 heavy (non-hydrogen) atoms. The lowest BCUT2D eigenvalue weighted by atomic mass is 9.83. The van der Waals surface area contributed by atoms with Gasteiger partial charge < -0.3 is 25.6 Å². The van der Waals surface area contributed by atoms with Gasteiger partial charge in [0.25, 0.3) is 0 Å². The number of hydrogen-bond acceptors (Lipinski definition) is 9. The number of carbonyl (C=O) groups is 3. The Balaban J connectivity index is 2.04. The van der Waals surface area contributed by atoms with Gasteiger partial charge in [-0.05, 0) is 87.8 Å². The minimum Gasteiger partial charge on any atom is -0.487 e. The van der Waals surface area contributed by atoms with Gasteiger partial charge in [0.2, 0.25) is 5.91 Å². The molecule has 1 heterocycles. The highest BCUT2D eigenvalue weighted by atomic mass is 32.2. The smallest absolute Gasteiger partial charge is 0.324 e. The third-order valence-electron chi connectivity index (χ3n) is 10.1. The van der Waals surface area contributed by atoms with Crippen LogP contribution in [-0.2, 0) is 36.3 Å². The van der Waals surface area contributed by atoms with Crippen molar-refractivity contribution in [1.82, 2.24) is 5.32 Å². The molecule has 1 amide bonds. The van der Waals surface area contributed by atoms with Crippen LogP contribution in [0.4, 0.5) is 0 Å². The van der Waals surface area contributed by atoms with Gasteiger partial charge in [-0.25, -0.2) is 0 Å². The van der Waals surface area contributed by atoms with E-state index in [1.54, 1.807) is 0 Å². The van der Waals surface area contributed by atoms with E-state index in [2.05, 4.69) is 44.1 Å². The number of esters is 1. The van der Waals surface area contributed by atoms with Crippen LogP contribution in [0.3, 0.4) is 0 Å². The Labute approximate surface area is 312 Å². The van der Waals surface area contributed by atoms with Crippen LogP contribution in [0.1, 0.15) is 128 Å². The van der Waals surface area contributed by atoms with Crippen LogP contribution in [0.5, 0.6) is 11.5 Å². The van der Waals surface area contributed by atoms with Crippen molar-refractivity contribution in [2.24, 2.45) is 23.5 Å². The highest BCUT2D eigenvalue weighted by Crippen LogP contribution is 2.45. The van der Waals surface area contributed by atoms with E-state index in [9.17, 15) is 23.7 Å². The number of carboxylic acids is 1. The average molecular weight is 757 g/mol. The highest BCUT2D eigenvalue weighted by Gasteiger charge is 2.35. The summed E-state index contributed by atoms with van der Waals surface area (Å²) in [6, 6.07) is -1.23. The van der Waals surface area contributed by atoms with E-state index in [-0.39, 0.29) is 30.9 Å². The lowest BCUT2D eigenvalue weighted by Crippen LogP contribution is -2.38. The summed E-state index contributed by atoms with van der Waals surface area (Å²) in [7, 11) is 0. The summed E-state index contributed by atoms with van der Waals surface area (Å²) in [5.74, 6) is 0.996. The lowest BCUT2D eigenvalue weighted by molar-refractivity contribution is -0.138. The van der Waals surface area contributed by atoms with Crippen LogP contribution in [0.15, 0.2) is 0 Å². The van der Waals surface area contributed by atoms with Gasteiger partial charge in [0, 0.05) is 24.3 Å². The molecule has 1 aromatic carbocycles. The molecule has 0 bridgehead atoms. The van der Waals surface area contributed by atoms with E-state index in [4.69, 9.17) is 19.8 Å². The standard InChI is InChI=1S/C38H64N2O9S2/c1-24(2)12-9-13-25(3)14-10-15-26(4)16-11-18-38(8)19-17-30-29(7)34(27(5)28(6)35(30)49-38)48-37(44)32(50-23-31(39)36(42)43)22-33(41)40-20-21-47-51(45)46/h24-26,31-32H,9-23,39H2,1-8H3,(H,40,41)(H,42,43)(H,45,46). The van der Waals surface area contributed by atoms with Crippen molar-refractivity contribution >= 4 is 41.0 Å². The molecule has 13 heteroatoms. The second-order valence-corrected chi connectivity index (χ2v) is 17.1. The minimum absolute atomic E-state index is 0.0511. The minimum atomic E-state index is -2.46. The van der Waals surface area contributed by atoms with E-state index in [1.165, 1.54) is 44.9 Å². The molecule has 0 aliphatic carbocycles. The first-order valence-corrected chi connectivity index (χ1v) is 20.7. The van der Waals surface area contributed by atoms with Gasteiger partial charge in [0.15, 0.2) is 0 Å². The number of rotatable bonds is 24. The molecule has 5 N–H and O–H groups in total. The molecule has 0 saturated heterocycles. The van der Waals surface area contributed by atoms with Gasteiger partial charge in [-0.15, -0.1) is 11.8 Å². The zero-order valence-corrected chi connectivity index (χ0v) is 33.8. The highest BCUT2D eigenvalue weighted by molar-refractivity contribution is 8.00. The maximum absolute atomic E-state index is 13.5. The number of benzene rings is 1. The quantitative estimate of drug-likeness (QED) is 0.0363. The van der Waals surface area contributed by atoms with E-state index >= 15 is 0 Å². The molecule has 0 spiro atoms. The van der Waals surface area contributed by atoms with Crippen LogP contribution in [0.2, 0.25) is 0 Å². The van der Waals surface area contributed by atoms with Gasteiger partial charge in [-0.3, -0.25) is 23.1 Å². The van der Waals surface area contributed by atoms with Gasteiger partial charge in [0.05, 0.1) is 6.61 Å². The Hall–Kier alpha value is -2.19.